The maximum Gasteiger partial charge on any atom is 0.331 e. The minimum absolute atomic E-state index is 0.362. The van der Waals surface area contributed by atoms with Crippen LogP contribution in [0, 0.1) is 0 Å². The van der Waals surface area contributed by atoms with Crippen molar-refractivity contribution in [1.82, 2.24) is 0 Å². The topological polar surface area (TPSA) is 84.8 Å². The van der Waals surface area contributed by atoms with Crippen LogP contribution in [0.25, 0.3) is 6.08 Å². The lowest BCUT2D eigenvalue weighted by Crippen LogP contribution is -2.31. The first-order valence-corrected chi connectivity index (χ1v) is 10.2. The lowest BCUT2D eigenvalue weighted by molar-refractivity contribution is 0.259. The molecule has 7 heteroatoms. The molecule has 142 valence electrons. The molecule has 0 atom stereocenters. The monoisotopic (exact) mass is 393 g/mol. The first-order chi connectivity index (χ1) is 13.5. The highest BCUT2D eigenvalue weighted by Gasteiger charge is 2.26. The summed E-state index contributed by atoms with van der Waals surface area (Å²) in [5, 5.41) is 4.22. The zero-order valence-corrected chi connectivity index (χ0v) is 15.6. The number of urea groups is 1. The fourth-order valence-electron chi connectivity index (χ4n) is 2.99. The molecule has 0 fully saturated rings. The Balaban J connectivity index is 1.80. The molecule has 1 aliphatic rings. The average Bonchev–Trinajstić information content (AvgIpc) is 2.69. The van der Waals surface area contributed by atoms with Crippen LogP contribution in [-0.4, -0.2) is 15.1 Å². The fraction of sp³-hybridized carbons (Fsp3) is 0. The summed E-state index contributed by atoms with van der Waals surface area (Å²) >= 11 is 0. The quantitative estimate of drug-likeness (QED) is 0.432. The van der Waals surface area contributed by atoms with Gasteiger partial charge >= 0.3 is 6.03 Å². The van der Waals surface area contributed by atoms with Crippen molar-refractivity contribution in [3.63, 3.8) is 0 Å². The van der Waals surface area contributed by atoms with E-state index < -0.39 is 10.8 Å². The third kappa shape index (κ3) is 3.72. The number of rotatable bonds is 3. The van der Waals surface area contributed by atoms with Gasteiger partial charge in [0.2, 0.25) is 0 Å². The highest BCUT2D eigenvalue weighted by Crippen LogP contribution is 2.49. The van der Waals surface area contributed by atoms with E-state index in [0.29, 0.717) is 22.7 Å². The van der Waals surface area contributed by atoms with Gasteiger partial charge in [-0.05, 0) is 36.4 Å². The van der Waals surface area contributed by atoms with Crippen LogP contribution >= 0.6 is 10.8 Å². The second-order valence-corrected chi connectivity index (χ2v) is 7.87. The summed E-state index contributed by atoms with van der Waals surface area (Å²) in [4.78, 5) is 14.7. The second-order valence-electron chi connectivity index (χ2n) is 6.21. The molecule has 4 rings (SSSR count). The molecule has 6 nitrogen and oxygen atoms in total. The molecule has 0 unspecified atom stereocenters. The molecule has 0 spiro atoms. The van der Waals surface area contributed by atoms with Crippen molar-refractivity contribution in [2.75, 3.05) is 14.9 Å². The van der Waals surface area contributed by atoms with Crippen molar-refractivity contribution in [3.05, 3.63) is 89.8 Å². The van der Waals surface area contributed by atoms with E-state index in [4.69, 9.17) is 0 Å². The number of carbonyl (C=O) groups excluding carboxylic acids is 1. The number of fused-ring (bicyclic) bond motifs is 1. The van der Waals surface area contributed by atoms with E-state index in [1.54, 1.807) is 24.3 Å². The Labute approximate surface area is 164 Å². The summed E-state index contributed by atoms with van der Waals surface area (Å²) in [7, 11) is -3.11. The summed E-state index contributed by atoms with van der Waals surface area (Å²) in [5.74, 6) is 0. The van der Waals surface area contributed by atoms with Crippen molar-refractivity contribution in [1.29, 1.82) is 0 Å². The number of amides is 2. The number of hydrogen-bond acceptors (Lipinski definition) is 4. The van der Waals surface area contributed by atoms with Crippen LogP contribution in [0.3, 0.4) is 0 Å². The number of carbonyl (C=O) groups is 1. The molecule has 28 heavy (non-hydrogen) atoms. The third-order valence-corrected chi connectivity index (χ3v) is 5.27. The third-order valence-electron chi connectivity index (χ3n) is 4.25. The standard InChI is InChI=1S/C21H19N3O3S/c25-21(22-17-9-3-1-4-10-17)24(18-11-5-2-6-12-18)19-13-7-8-16-14-15-28(26,27)23-20(16)19/h1-15,23,26-27H,(H,22,25). The predicted octanol–water partition coefficient (Wildman–Crippen LogP) is 6.12. The van der Waals surface area contributed by atoms with E-state index in [1.807, 2.05) is 60.7 Å². The first-order valence-electron chi connectivity index (χ1n) is 8.62. The van der Waals surface area contributed by atoms with E-state index in [2.05, 4.69) is 10.0 Å². The van der Waals surface area contributed by atoms with Gasteiger partial charge in [0.05, 0.1) is 17.1 Å². The molecule has 1 heterocycles. The Hall–Kier alpha value is -3.26. The number of hydrogen-bond donors (Lipinski definition) is 4. The number of benzene rings is 3. The minimum atomic E-state index is -3.11. The Morgan fingerprint density at radius 2 is 1.57 bits per heavy atom. The van der Waals surface area contributed by atoms with Gasteiger partial charge in [0.25, 0.3) is 0 Å². The molecule has 0 saturated heterocycles. The molecule has 3 aromatic rings. The van der Waals surface area contributed by atoms with Crippen LogP contribution < -0.4 is 14.9 Å². The maximum atomic E-state index is 13.2. The van der Waals surface area contributed by atoms with Crippen LogP contribution in [0.5, 0.6) is 0 Å². The molecule has 0 aromatic heterocycles. The SMILES string of the molecule is O=C(Nc1ccccc1)N(c1ccccc1)c1cccc2c1NS(O)(O)C=C2. The van der Waals surface area contributed by atoms with Crippen molar-refractivity contribution in [3.8, 4) is 0 Å². The summed E-state index contributed by atoms with van der Waals surface area (Å²) < 4.78 is 22.9. The smallest absolute Gasteiger partial charge is 0.307 e. The average molecular weight is 393 g/mol. The lowest BCUT2D eigenvalue weighted by atomic mass is 10.1. The van der Waals surface area contributed by atoms with E-state index in [-0.39, 0.29) is 6.03 Å². The summed E-state index contributed by atoms with van der Waals surface area (Å²) in [6.45, 7) is 0. The summed E-state index contributed by atoms with van der Waals surface area (Å²) in [6, 6.07) is 23.4. The largest absolute Gasteiger partial charge is 0.331 e. The molecule has 0 bridgehead atoms. The minimum Gasteiger partial charge on any atom is -0.307 e. The van der Waals surface area contributed by atoms with E-state index in [0.717, 1.165) is 5.56 Å². The molecule has 3 aromatic carbocycles. The number of anilines is 4. The Bertz CT molecular complexity index is 1020. The zero-order valence-electron chi connectivity index (χ0n) is 14.8. The van der Waals surface area contributed by atoms with Gasteiger partial charge in [0.1, 0.15) is 0 Å². The molecule has 0 aliphatic carbocycles. The van der Waals surface area contributed by atoms with Crippen molar-refractivity contribution in [2.24, 2.45) is 0 Å². The molecule has 0 saturated carbocycles. The van der Waals surface area contributed by atoms with Gasteiger partial charge in [-0.1, -0.05) is 59.3 Å². The van der Waals surface area contributed by atoms with E-state index in [1.165, 1.54) is 10.3 Å². The van der Waals surface area contributed by atoms with Gasteiger partial charge in [0, 0.05) is 16.7 Å². The van der Waals surface area contributed by atoms with E-state index >= 15 is 0 Å². The lowest BCUT2D eigenvalue weighted by Gasteiger charge is -2.36. The van der Waals surface area contributed by atoms with Gasteiger partial charge in [-0.2, -0.15) is 0 Å². The van der Waals surface area contributed by atoms with E-state index in [9.17, 15) is 13.9 Å². The number of para-hydroxylation sites is 3. The first kappa shape index (κ1) is 18.1. The zero-order chi connectivity index (χ0) is 19.6. The Morgan fingerprint density at radius 1 is 0.893 bits per heavy atom. The molecule has 4 N–H and O–H groups in total. The molecule has 2 amide bonds. The van der Waals surface area contributed by atoms with Gasteiger partial charge in [-0.15, -0.1) is 0 Å². The number of nitrogens with zero attached hydrogens (tertiary/aromatic N) is 1. The molecule has 0 radical (unpaired) electrons. The normalized spacial score (nSPS) is 15.1. The molecular formula is C21H19N3O3S. The summed E-state index contributed by atoms with van der Waals surface area (Å²) in [6.07, 6.45) is 1.64. The fourth-order valence-corrected chi connectivity index (χ4v) is 3.92. The predicted molar refractivity (Wildman–Crippen MR) is 116 cm³/mol. The van der Waals surface area contributed by atoms with Crippen LogP contribution in [0.15, 0.2) is 84.3 Å². The van der Waals surface area contributed by atoms with Crippen molar-refractivity contribution < 1.29 is 13.9 Å². The second kappa shape index (κ2) is 7.40. The van der Waals surface area contributed by atoms with Crippen LogP contribution in [0.4, 0.5) is 27.5 Å². The maximum absolute atomic E-state index is 13.2. The summed E-state index contributed by atoms with van der Waals surface area (Å²) in [5.41, 5.74) is 3.07. The molecule has 1 aliphatic heterocycles. The number of nitrogens with one attached hydrogen (secondary N) is 2. The van der Waals surface area contributed by atoms with Gasteiger partial charge in [-0.25, -0.2) is 4.79 Å². The highest BCUT2D eigenvalue weighted by molar-refractivity contribution is 8.28. The van der Waals surface area contributed by atoms with Crippen LogP contribution in [-0.2, 0) is 0 Å². The highest BCUT2D eigenvalue weighted by atomic mass is 32.3. The van der Waals surface area contributed by atoms with Crippen LogP contribution in [0.1, 0.15) is 5.56 Å². The molecular weight excluding hydrogens is 374 g/mol. The van der Waals surface area contributed by atoms with Gasteiger partial charge < -0.3 is 5.32 Å². The van der Waals surface area contributed by atoms with Gasteiger partial charge in [-0.3, -0.25) is 18.7 Å². The Morgan fingerprint density at radius 3 is 2.29 bits per heavy atom. The van der Waals surface area contributed by atoms with Crippen molar-refractivity contribution in [2.45, 2.75) is 0 Å². The Kier molecular flexibility index (Phi) is 4.79. The van der Waals surface area contributed by atoms with Crippen molar-refractivity contribution >= 4 is 45.6 Å². The van der Waals surface area contributed by atoms with Crippen LogP contribution in [0.2, 0.25) is 0 Å². The van der Waals surface area contributed by atoms with Gasteiger partial charge in [0.15, 0.2) is 0 Å².